The lowest BCUT2D eigenvalue weighted by atomic mass is 10.4. The molecule has 0 unspecified atom stereocenters. The Bertz CT molecular complexity index is 200. The van der Waals surface area contributed by atoms with Crippen molar-refractivity contribution in [1.82, 2.24) is 10.6 Å². The normalized spacial score (nSPS) is 9.67. The van der Waals surface area contributed by atoms with Gasteiger partial charge in [0.2, 0.25) is 5.91 Å². The molecule has 0 bridgehead atoms. The fraction of sp³-hybridized carbons (Fsp3) is 0.778. The summed E-state index contributed by atoms with van der Waals surface area (Å²) in [4.78, 5) is 10.4. The van der Waals surface area contributed by atoms with Gasteiger partial charge in [-0.3, -0.25) is 4.79 Å². The molecule has 0 saturated heterocycles. The molecule has 0 spiro atoms. The molecule has 0 aromatic heterocycles. The van der Waals surface area contributed by atoms with Gasteiger partial charge < -0.3 is 21.1 Å². The molecule has 0 aliphatic carbocycles. The lowest BCUT2D eigenvalue weighted by Crippen LogP contribution is -2.37. The Labute approximate surface area is 95.7 Å². The number of primary amides is 1. The molecule has 0 atom stereocenters. The molecule has 0 heterocycles. The molecule has 0 fully saturated rings. The molecule has 1 amide bonds. The van der Waals surface area contributed by atoms with E-state index in [9.17, 15) is 4.79 Å². The van der Waals surface area contributed by atoms with E-state index in [0.29, 0.717) is 18.1 Å². The maximum Gasteiger partial charge on any atom is 0.219 e. The maximum absolute atomic E-state index is 10.4. The number of hydrogen-bond donors (Lipinski definition) is 3. The SMILES string of the molecule is CCOCCCNC(=S)NCCC(N)=O. The van der Waals surface area contributed by atoms with Gasteiger partial charge >= 0.3 is 0 Å². The molecule has 0 rings (SSSR count). The zero-order valence-corrected chi connectivity index (χ0v) is 9.86. The predicted molar refractivity (Wildman–Crippen MR) is 63.5 cm³/mol. The van der Waals surface area contributed by atoms with Crippen LogP contribution in [0.1, 0.15) is 19.8 Å². The highest BCUT2D eigenvalue weighted by atomic mass is 32.1. The molecule has 5 nitrogen and oxygen atoms in total. The molecule has 0 saturated carbocycles. The number of carbonyl (C=O) groups excluding carboxylic acids is 1. The van der Waals surface area contributed by atoms with E-state index in [2.05, 4.69) is 10.6 Å². The molecule has 15 heavy (non-hydrogen) atoms. The van der Waals surface area contributed by atoms with Crippen molar-refractivity contribution in [2.75, 3.05) is 26.3 Å². The highest BCUT2D eigenvalue weighted by molar-refractivity contribution is 7.80. The van der Waals surface area contributed by atoms with Crippen LogP contribution in [0.3, 0.4) is 0 Å². The molecule has 4 N–H and O–H groups in total. The van der Waals surface area contributed by atoms with Crippen molar-refractivity contribution in [3.05, 3.63) is 0 Å². The Morgan fingerprint density at radius 1 is 1.40 bits per heavy atom. The standard InChI is InChI=1S/C9H19N3O2S/c1-2-14-7-3-5-11-9(15)12-6-4-8(10)13/h2-7H2,1H3,(H2,10,13)(H2,11,12,15). The van der Waals surface area contributed by atoms with Crippen LogP contribution in [0, 0.1) is 0 Å². The summed E-state index contributed by atoms with van der Waals surface area (Å²) < 4.78 is 5.16. The van der Waals surface area contributed by atoms with Gasteiger partial charge in [-0.05, 0) is 25.6 Å². The Morgan fingerprint density at radius 3 is 2.67 bits per heavy atom. The summed E-state index contributed by atoms with van der Waals surface area (Å²) in [5.74, 6) is -0.332. The first-order valence-corrected chi connectivity index (χ1v) is 5.45. The third-order valence-electron chi connectivity index (χ3n) is 1.61. The van der Waals surface area contributed by atoms with Crippen LogP contribution in [0.15, 0.2) is 0 Å². The first-order chi connectivity index (χ1) is 7.16. The second kappa shape index (κ2) is 9.67. The molecule has 88 valence electrons. The number of hydrogen-bond acceptors (Lipinski definition) is 3. The van der Waals surface area contributed by atoms with Gasteiger partial charge in [0.1, 0.15) is 0 Å². The fourth-order valence-corrected chi connectivity index (χ4v) is 1.09. The van der Waals surface area contributed by atoms with Crippen molar-refractivity contribution < 1.29 is 9.53 Å². The number of nitrogens with one attached hydrogen (secondary N) is 2. The molecule has 6 heteroatoms. The van der Waals surface area contributed by atoms with E-state index in [0.717, 1.165) is 26.2 Å². The minimum absolute atomic E-state index is 0.292. The molecule has 0 aromatic carbocycles. The highest BCUT2D eigenvalue weighted by Crippen LogP contribution is 1.80. The summed E-state index contributed by atoms with van der Waals surface area (Å²) >= 11 is 4.97. The summed E-state index contributed by atoms with van der Waals surface area (Å²) in [5, 5.41) is 6.44. The topological polar surface area (TPSA) is 76.4 Å². The third kappa shape index (κ3) is 11.0. The van der Waals surface area contributed by atoms with Crippen LogP contribution in [-0.2, 0) is 9.53 Å². The van der Waals surface area contributed by atoms with Crippen molar-refractivity contribution in [2.24, 2.45) is 5.73 Å². The Hall–Kier alpha value is -0.880. The Balaban J connectivity index is 3.22. The number of rotatable bonds is 8. The van der Waals surface area contributed by atoms with Crippen LogP contribution in [0.5, 0.6) is 0 Å². The number of ether oxygens (including phenoxy) is 1. The highest BCUT2D eigenvalue weighted by Gasteiger charge is 1.96. The predicted octanol–water partition coefficient (Wildman–Crippen LogP) is -0.247. The van der Waals surface area contributed by atoms with Crippen molar-refractivity contribution in [3.63, 3.8) is 0 Å². The molecule has 0 radical (unpaired) electrons. The van der Waals surface area contributed by atoms with E-state index in [-0.39, 0.29) is 5.91 Å². The quantitative estimate of drug-likeness (QED) is 0.398. The number of amides is 1. The van der Waals surface area contributed by atoms with Crippen molar-refractivity contribution >= 4 is 23.2 Å². The van der Waals surface area contributed by atoms with E-state index in [1.807, 2.05) is 6.92 Å². The van der Waals surface area contributed by atoms with Gasteiger partial charge in [-0.15, -0.1) is 0 Å². The molecular weight excluding hydrogens is 214 g/mol. The van der Waals surface area contributed by atoms with E-state index < -0.39 is 0 Å². The summed E-state index contributed by atoms with van der Waals surface area (Å²) in [7, 11) is 0. The van der Waals surface area contributed by atoms with Crippen LogP contribution >= 0.6 is 12.2 Å². The van der Waals surface area contributed by atoms with E-state index >= 15 is 0 Å². The van der Waals surface area contributed by atoms with Gasteiger partial charge in [-0.25, -0.2) is 0 Å². The minimum atomic E-state index is -0.332. The van der Waals surface area contributed by atoms with Gasteiger partial charge in [-0.2, -0.15) is 0 Å². The Morgan fingerprint density at radius 2 is 2.07 bits per heavy atom. The van der Waals surface area contributed by atoms with Crippen LogP contribution < -0.4 is 16.4 Å². The van der Waals surface area contributed by atoms with Gasteiger partial charge in [0.15, 0.2) is 5.11 Å². The van der Waals surface area contributed by atoms with E-state index in [1.54, 1.807) is 0 Å². The van der Waals surface area contributed by atoms with Gasteiger partial charge in [0.05, 0.1) is 0 Å². The monoisotopic (exact) mass is 233 g/mol. The maximum atomic E-state index is 10.4. The largest absolute Gasteiger partial charge is 0.382 e. The third-order valence-corrected chi connectivity index (χ3v) is 1.90. The zero-order valence-electron chi connectivity index (χ0n) is 9.04. The number of nitrogens with two attached hydrogens (primary N) is 1. The van der Waals surface area contributed by atoms with Crippen LogP contribution in [0.25, 0.3) is 0 Å². The first kappa shape index (κ1) is 14.1. The fourth-order valence-electron chi connectivity index (χ4n) is 0.882. The molecule has 0 aliphatic heterocycles. The summed E-state index contributed by atoms with van der Waals surface area (Å²) in [6.07, 6.45) is 1.20. The van der Waals surface area contributed by atoms with Crippen molar-refractivity contribution in [2.45, 2.75) is 19.8 Å². The lowest BCUT2D eigenvalue weighted by molar-refractivity contribution is -0.117. The first-order valence-electron chi connectivity index (χ1n) is 5.04. The van der Waals surface area contributed by atoms with E-state index in [4.69, 9.17) is 22.7 Å². The Kier molecular flexibility index (Phi) is 9.10. The smallest absolute Gasteiger partial charge is 0.219 e. The van der Waals surface area contributed by atoms with Gasteiger partial charge in [-0.1, -0.05) is 0 Å². The summed E-state index contributed by atoms with van der Waals surface area (Å²) in [6, 6.07) is 0. The average Bonchev–Trinajstić information content (AvgIpc) is 2.17. The number of thiocarbonyl (C=S) groups is 1. The summed E-state index contributed by atoms with van der Waals surface area (Å²) in [6.45, 7) is 4.67. The van der Waals surface area contributed by atoms with Crippen LogP contribution in [0.2, 0.25) is 0 Å². The second-order valence-corrected chi connectivity index (χ2v) is 3.36. The van der Waals surface area contributed by atoms with Gasteiger partial charge in [0.25, 0.3) is 0 Å². The molecular formula is C9H19N3O2S. The van der Waals surface area contributed by atoms with Crippen LogP contribution in [-0.4, -0.2) is 37.3 Å². The molecule has 0 aliphatic rings. The number of carbonyl (C=O) groups is 1. The van der Waals surface area contributed by atoms with Gasteiger partial charge in [0, 0.05) is 32.7 Å². The van der Waals surface area contributed by atoms with Crippen LogP contribution in [0.4, 0.5) is 0 Å². The zero-order chi connectivity index (χ0) is 11.5. The lowest BCUT2D eigenvalue weighted by Gasteiger charge is -2.09. The van der Waals surface area contributed by atoms with E-state index in [1.165, 1.54) is 0 Å². The van der Waals surface area contributed by atoms with Crippen molar-refractivity contribution in [1.29, 1.82) is 0 Å². The average molecular weight is 233 g/mol. The summed E-state index contributed by atoms with van der Waals surface area (Å²) in [5.41, 5.74) is 4.97. The minimum Gasteiger partial charge on any atom is -0.382 e. The molecule has 0 aromatic rings. The van der Waals surface area contributed by atoms with Crippen molar-refractivity contribution in [3.8, 4) is 0 Å². The second-order valence-electron chi connectivity index (χ2n) is 2.95.